The lowest BCUT2D eigenvalue weighted by Gasteiger charge is -2.25. The van der Waals surface area contributed by atoms with E-state index in [0.29, 0.717) is 38.1 Å². The van der Waals surface area contributed by atoms with Crippen molar-refractivity contribution in [3.05, 3.63) is 0 Å². The first-order chi connectivity index (χ1) is 7.84. The Bertz CT molecular complexity index is 213. The number of carbonyl (C=O) groups is 1. The number of ether oxygens (including phenoxy) is 3. The minimum absolute atomic E-state index is 0.0963. The van der Waals surface area contributed by atoms with E-state index in [9.17, 15) is 4.79 Å². The van der Waals surface area contributed by atoms with Crippen molar-refractivity contribution in [3.8, 4) is 0 Å². The molecule has 1 atom stereocenters. The highest BCUT2D eigenvalue weighted by molar-refractivity contribution is 5.78. The molecule has 1 aliphatic carbocycles. The fourth-order valence-electron chi connectivity index (χ4n) is 2.17. The molecule has 0 aromatic heterocycles. The zero-order valence-corrected chi connectivity index (χ0v) is 9.65. The predicted octanol–water partition coefficient (Wildman–Crippen LogP) is 1.18. The monoisotopic (exact) mass is 228 g/mol. The maximum Gasteiger partial charge on any atom is 0.132 e. The molecule has 0 bridgehead atoms. The van der Waals surface area contributed by atoms with Gasteiger partial charge >= 0.3 is 0 Å². The van der Waals surface area contributed by atoms with Crippen molar-refractivity contribution in [1.29, 1.82) is 0 Å². The summed E-state index contributed by atoms with van der Waals surface area (Å²) >= 11 is 0. The van der Waals surface area contributed by atoms with Gasteiger partial charge in [0.25, 0.3) is 0 Å². The summed E-state index contributed by atoms with van der Waals surface area (Å²) in [5.74, 6) is 0.961. The molecule has 4 nitrogen and oxygen atoms in total. The van der Waals surface area contributed by atoms with E-state index in [1.54, 1.807) is 0 Å². The van der Waals surface area contributed by atoms with E-state index in [4.69, 9.17) is 14.2 Å². The molecule has 4 heteroatoms. The second-order valence-corrected chi connectivity index (χ2v) is 4.59. The van der Waals surface area contributed by atoms with E-state index >= 15 is 0 Å². The van der Waals surface area contributed by atoms with Crippen LogP contribution in [0.1, 0.15) is 25.7 Å². The summed E-state index contributed by atoms with van der Waals surface area (Å²) in [5.41, 5.74) is 0. The Morgan fingerprint density at radius 2 is 2.00 bits per heavy atom. The van der Waals surface area contributed by atoms with Gasteiger partial charge < -0.3 is 14.2 Å². The molecule has 1 saturated heterocycles. The fraction of sp³-hybridized carbons (Fsp3) is 0.917. The number of carbonyl (C=O) groups excluding carboxylic acids is 1. The molecule has 0 N–H and O–H groups in total. The maximum absolute atomic E-state index is 11.1. The molecule has 16 heavy (non-hydrogen) atoms. The third kappa shape index (κ3) is 3.85. The Morgan fingerprint density at radius 3 is 2.69 bits per heavy atom. The van der Waals surface area contributed by atoms with Crippen molar-refractivity contribution in [2.45, 2.75) is 31.8 Å². The van der Waals surface area contributed by atoms with Crippen LogP contribution in [0.25, 0.3) is 0 Å². The first-order valence-corrected chi connectivity index (χ1v) is 6.13. The van der Waals surface area contributed by atoms with Crippen LogP contribution in [0.5, 0.6) is 0 Å². The first-order valence-electron chi connectivity index (χ1n) is 6.13. The number of Topliss-reactive ketones (excluding diaryl/α,β-unsaturated/α-hetero) is 1. The van der Waals surface area contributed by atoms with Gasteiger partial charge in [-0.3, -0.25) is 4.79 Å². The summed E-state index contributed by atoms with van der Waals surface area (Å²) in [7, 11) is 0. The Kier molecular flexibility index (Phi) is 4.75. The molecule has 1 heterocycles. The number of ketones is 1. The minimum Gasteiger partial charge on any atom is -0.378 e. The average Bonchev–Trinajstić information content (AvgIpc) is 2.33. The summed E-state index contributed by atoms with van der Waals surface area (Å²) in [6, 6.07) is 0. The van der Waals surface area contributed by atoms with Gasteiger partial charge in [-0.05, 0) is 18.8 Å². The Morgan fingerprint density at radius 1 is 1.19 bits per heavy atom. The van der Waals surface area contributed by atoms with Gasteiger partial charge in [-0.15, -0.1) is 0 Å². The largest absolute Gasteiger partial charge is 0.378 e. The van der Waals surface area contributed by atoms with Gasteiger partial charge in [-0.1, -0.05) is 0 Å². The van der Waals surface area contributed by atoms with Crippen molar-refractivity contribution in [3.63, 3.8) is 0 Å². The van der Waals surface area contributed by atoms with Crippen LogP contribution in [0.15, 0.2) is 0 Å². The summed E-state index contributed by atoms with van der Waals surface area (Å²) < 4.78 is 16.4. The van der Waals surface area contributed by atoms with Crippen LogP contribution in [0.2, 0.25) is 0 Å². The van der Waals surface area contributed by atoms with E-state index in [-0.39, 0.29) is 6.10 Å². The molecule has 2 fully saturated rings. The summed E-state index contributed by atoms with van der Waals surface area (Å²) in [4.78, 5) is 11.1. The molecule has 2 rings (SSSR count). The van der Waals surface area contributed by atoms with Gasteiger partial charge in [0.05, 0.1) is 26.4 Å². The third-order valence-electron chi connectivity index (χ3n) is 3.21. The molecular weight excluding hydrogens is 208 g/mol. The smallest absolute Gasteiger partial charge is 0.132 e. The zero-order valence-electron chi connectivity index (χ0n) is 9.65. The van der Waals surface area contributed by atoms with Crippen molar-refractivity contribution >= 4 is 5.78 Å². The number of hydrogen-bond donors (Lipinski definition) is 0. The SMILES string of the molecule is O=C1CCC(COC[C@H]2COCCO2)CC1. The lowest BCUT2D eigenvalue weighted by molar-refractivity contribution is -0.124. The van der Waals surface area contributed by atoms with Crippen molar-refractivity contribution in [2.24, 2.45) is 5.92 Å². The minimum atomic E-state index is 0.0963. The molecule has 0 unspecified atom stereocenters. The highest BCUT2D eigenvalue weighted by atomic mass is 16.6. The molecule has 0 aromatic carbocycles. The molecule has 1 aliphatic heterocycles. The fourth-order valence-corrected chi connectivity index (χ4v) is 2.17. The van der Waals surface area contributed by atoms with Gasteiger partial charge in [0.2, 0.25) is 0 Å². The van der Waals surface area contributed by atoms with Crippen molar-refractivity contribution < 1.29 is 19.0 Å². The highest BCUT2D eigenvalue weighted by Gasteiger charge is 2.20. The Labute approximate surface area is 96.2 Å². The van der Waals surface area contributed by atoms with E-state index in [1.807, 2.05) is 0 Å². The van der Waals surface area contributed by atoms with E-state index in [0.717, 1.165) is 32.3 Å². The molecule has 1 saturated carbocycles. The quantitative estimate of drug-likeness (QED) is 0.724. The van der Waals surface area contributed by atoms with Gasteiger partial charge in [0, 0.05) is 19.4 Å². The average molecular weight is 228 g/mol. The van der Waals surface area contributed by atoms with Crippen LogP contribution >= 0.6 is 0 Å². The van der Waals surface area contributed by atoms with Crippen LogP contribution in [-0.4, -0.2) is 44.9 Å². The number of hydrogen-bond acceptors (Lipinski definition) is 4. The second-order valence-electron chi connectivity index (χ2n) is 4.59. The molecule has 0 radical (unpaired) electrons. The van der Waals surface area contributed by atoms with Crippen LogP contribution in [0, 0.1) is 5.92 Å². The third-order valence-corrected chi connectivity index (χ3v) is 3.21. The van der Waals surface area contributed by atoms with Crippen LogP contribution < -0.4 is 0 Å². The molecule has 0 aromatic rings. The maximum atomic E-state index is 11.1. The highest BCUT2D eigenvalue weighted by Crippen LogP contribution is 2.21. The molecular formula is C12H20O4. The van der Waals surface area contributed by atoms with Gasteiger partial charge in [0.15, 0.2) is 0 Å². The summed E-state index contributed by atoms with van der Waals surface area (Å²) in [5, 5.41) is 0. The van der Waals surface area contributed by atoms with E-state index in [2.05, 4.69) is 0 Å². The standard InChI is InChI=1S/C12H20O4/c13-11-3-1-10(2-4-11)7-15-9-12-8-14-5-6-16-12/h10,12H,1-9H2/t12-/m1/s1. The Hall–Kier alpha value is -0.450. The van der Waals surface area contributed by atoms with E-state index < -0.39 is 0 Å². The van der Waals surface area contributed by atoms with Gasteiger partial charge in [0.1, 0.15) is 11.9 Å². The molecule has 2 aliphatic rings. The number of rotatable bonds is 4. The lowest BCUT2D eigenvalue weighted by Crippen LogP contribution is -2.33. The second kappa shape index (κ2) is 6.33. The molecule has 0 amide bonds. The van der Waals surface area contributed by atoms with Crippen molar-refractivity contribution in [1.82, 2.24) is 0 Å². The van der Waals surface area contributed by atoms with Crippen LogP contribution in [0.4, 0.5) is 0 Å². The molecule has 92 valence electrons. The van der Waals surface area contributed by atoms with Gasteiger partial charge in [-0.25, -0.2) is 0 Å². The van der Waals surface area contributed by atoms with Crippen molar-refractivity contribution in [2.75, 3.05) is 33.0 Å². The summed E-state index contributed by atoms with van der Waals surface area (Å²) in [6.07, 6.45) is 3.54. The molecule has 0 spiro atoms. The normalized spacial score (nSPS) is 28.2. The van der Waals surface area contributed by atoms with Gasteiger partial charge in [-0.2, -0.15) is 0 Å². The zero-order chi connectivity index (χ0) is 11.2. The topological polar surface area (TPSA) is 44.8 Å². The summed E-state index contributed by atoms with van der Waals surface area (Å²) in [6.45, 7) is 3.38. The van der Waals surface area contributed by atoms with Crippen LogP contribution in [0.3, 0.4) is 0 Å². The first kappa shape index (κ1) is 12.0. The Balaban J connectivity index is 1.55. The van der Waals surface area contributed by atoms with E-state index in [1.165, 1.54) is 0 Å². The predicted molar refractivity (Wildman–Crippen MR) is 58.3 cm³/mol. The van der Waals surface area contributed by atoms with Crippen LogP contribution in [-0.2, 0) is 19.0 Å². The lowest BCUT2D eigenvalue weighted by atomic mass is 9.89.